The lowest BCUT2D eigenvalue weighted by Gasteiger charge is -2.37. The fourth-order valence-corrected chi connectivity index (χ4v) is 2.47. The molecule has 1 amide bonds. The van der Waals surface area contributed by atoms with Gasteiger partial charge >= 0.3 is 5.97 Å². The number of carboxylic acid groups (broad SMARTS) is 1. The SMILES string of the molecule is CCC1CCC(NCCC(N)=O)(C(=O)O)CC1. The first kappa shape index (κ1) is 14.0. The molecule has 17 heavy (non-hydrogen) atoms. The number of carbonyl (C=O) groups excluding carboxylic acids is 1. The highest BCUT2D eigenvalue weighted by Gasteiger charge is 2.40. The van der Waals surface area contributed by atoms with Crippen molar-refractivity contribution in [3.63, 3.8) is 0 Å². The number of carboxylic acids is 1. The van der Waals surface area contributed by atoms with E-state index in [0.29, 0.717) is 25.3 Å². The molecule has 0 radical (unpaired) electrons. The van der Waals surface area contributed by atoms with E-state index in [1.54, 1.807) is 0 Å². The van der Waals surface area contributed by atoms with Crippen LogP contribution in [0.2, 0.25) is 0 Å². The van der Waals surface area contributed by atoms with Gasteiger partial charge in [-0.15, -0.1) is 0 Å². The highest BCUT2D eigenvalue weighted by atomic mass is 16.4. The van der Waals surface area contributed by atoms with Gasteiger partial charge in [0.25, 0.3) is 0 Å². The Kier molecular flexibility index (Phi) is 4.93. The van der Waals surface area contributed by atoms with Gasteiger partial charge in [-0.1, -0.05) is 13.3 Å². The van der Waals surface area contributed by atoms with Gasteiger partial charge in [0.1, 0.15) is 5.54 Å². The van der Waals surface area contributed by atoms with Crippen LogP contribution in [0.4, 0.5) is 0 Å². The zero-order valence-electron chi connectivity index (χ0n) is 10.4. The van der Waals surface area contributed by atoms with E-state index in [1.807, 2.05) is 0 Å². The molecule has 0 bridgehead atoms. The Morgan fingerprint density at radius 3 is 2.41 bits per heavy atom. The summed E-state index contributed by atoms with van der Waals surface area (Å²) in [5, 5.41) is 12.3. The Balaban J connectivity index is 2.53. The third kappa shape index (κ3) is 3.70. The van der Waals surface area contributed by atoms with Crippen molar-refractivity contribution >= 4 is 11.9 Å². The van der Waals surface area contributed by atoms with Crippen LogP contribution in [0.1, 0.15) is 45.4 Å². The van der Waals surface area contributed by atoms with E-state index in [9.17, 15) is 14.7 Å². The lowest BCUT2D eigenvalue weighted by Crippen LogP contribution is -2.54. The number of aliphatic carboxylic acids is 1. The van der Waals surface area contributed by atoms with E-state index in [-0.39, 0.29) is 6.42 Å². The predicted molar refractivity (Wildman–Crippen MR) is 64.4 cm³/mol. The van der Waals surface area contributed by atoms with Crippen molar-refractivity contribution in [2.45, 2.75) is 51.0 Å². The van der Waals surface area contributed by atoms with Crippen LogP contribution in [0.3, 0.4) is 0 Å². The summed E-state index contributed by atoms with van der Waals surface area (Å²) in [6.07, 6.45) is 4.45. The first-order chi connectivity index (χ1) is 8.00. The molecule has 0 saturated heterocycles. The highest BCUT2D eigenvalue weighted by molar-refractivity contribution is 5.79. The van der Waals surface area contributed by atoms with Gasteiger partial charge in [-0.3, -0.25) is 9.59 Å². The molecular formula is C12H22N2O3. The summed E-state index contributed by atoms with van der Waals surface area (Å²) in [4.78, 5) is 22.0. The van der Waals surface area contributed by atoms with Gasteiger partial charge in [0.05, 0.1) is 0 Å². The number of primary amides is 1. The second-order valence-corrected chi connectivity index (χ2v) is 4.88. The highest BCUT2D eigenvalue weighted by Crippen LogP contribution is 2.33. The Bertz CT molecular complexity index is 283. The van der Waals surface area contributed by atoms with Crippen LogP contribution in [0.5, 0.6) is 0 Å². The van der Waals surface area contributed by atoms with Crippen LogP contribution in [-0.4, -0.2) is 29.1 Å². The maximum Gasteiger partial charge on any atom is 0.323 e. The van der Waals surface area contributed by atoms with Crippen LogP contribution in [0, 0.1) is 5.92 Å². The third-order valence-electron chi connectivity index (χ3n) is 3.78. The Labute approximate surface area is 102 Å². The van der Waals surface area contributed by atoms with Gasteiger partial charge in [0.15, 0.2) is 0 Å². The minimum atomic E-state index is -0.846. The second-order valence-electron chi connectivity index (χ2n) is 4.88. The first-order valence-corrected chi connectivity index (χ1v) is 6.27. The van der Waals surface area contributed by atoms with Gasteiger partial charge in [-0.2, -0.15) is 0 Å². The number of hydrogen-bond donors (Lipinski definition) is 3. The number of amides is 1. The zero-order chi connectivity index (χ0) is 12.9. The van der Waals surface area contributed by atoms with Crippen molar-refractivity contribution in [1.29, 1.82) is 0 Å². The van der Waals surface area contributed by atoms with Crippen LogP contribution in [0.15, 0.2) is 0 Å². The van der Waals surface area contributed by atoms with Crippen molar-refractivity contribution < 1.29 is 14.7 Å². The summed E-state index contributed by atoms with van der Waals surface area (Å²) in [5.74, 6) is -0.572. The molecule has 5 heteroatoms. The molecule has 0 spiro atoms. The molecule has 1 saturated carbocycles. The summed E-state index contributed by atoms with van der Waals surface area (Å²) in [7, 11) is 0. The predicted octanol–water partition coefficient (Wildman–Crippen LogP) is 0.875. The molecule has 0 aromatic heterocycles. The topological polar surface area (TPSA) is 92.4 Å². The molecule has 0 aromatic rings. The van der Waals surface area contributed by atoms with Crippen LogP contribution in [0.25, 0.3) is 0 Å². The molecule has 98 valence electrons. The smallest absolute Gasteiger partial charge is 0.323 e. The number of rotatable bonds is 6. The molecule has 1 aliphatic rings. The number of nitrogens with one attached hydrogen (secondary N) is 1. The van der Waals surface area contributed by atoms with Crippen molar-refractivity contribution in [2.24, 2.45) is 11.7 Å². The fraction of sp³-hybridized carbons (Fsp3) is 0.833. The Morgan fingerprint density at radius 2 is 2.00 bits per heavy atom. The summed E-state index contributed by atoms with van der Waals surface area (Å²) >= 11 is 0. The lowest BCUT2D eigenvalue weighted by molar-refractivity contribution is -0.147. The summed E-state index contributed by atoms with van der Waals surface area (Å²) in [5.41, 5.74) is 4.20. The molecular weight excluding hydrogens is 220 g/mol. The summed E-state index contributed by atoms with van der Waals surface area (Å²) < 4.78 is 0. The van der Waals surface area contributed by atoms with Crippen LogP contribution < -0.4 is 11.1 Å². The van der Waals surface area contributed by atoms with E-state index in [0.717, 1.165) is 19.3 Å². The Morgan fingerprint density at radius 1 is 1.41 bits per heavy atom. The third-order valence-corrected chi connectivity index (χ3v) is 3.78. The van der Waals surface area contributed by atoms with E-state index in [1.165, 1.54) is 0 Å². The molecule has 0 heterocycles. The zero-order valence-corrected chi connectivity index (χ0v) is 10.4. The quantitative estimate of drug-likeness (QED) is 0.644. The van der Waals surface area contributed by atoms with Gasteiger partial charge < -0.3 is 16.2 Å². The number of carbonyl (C=O) groups is 2. The molecule has 4 N–H and O–H groups in total. The average Bonchev–Trinajstić information content (AvgIpc) is 2.29. The van der Waals surface area contributed by atoms with Gasteiger partial charge in [0, 0.05) is 13.0 Å². The molecule has 5 nitrogen and oxygen atoms in total. The Hall–Kier alpha value is -1.10. The maximum absolute atomic E-state index is 11.4. The lowest BCUT2D eigenvalue weighted by atomic mass is 9.75. The molecule has 1 rings (SSSR count). The summed E-state index contributed by atoms with van der Waals surface area (Å²) in [6.45, 7) is 2.48. The van der Waals surface area contributed by atoms with E-state index < -0.39 is 17.4 Å². The maximum atomic E-state index is 11.4. The normalized spacial score (nSPS) is 28.9. The fourth-order valence-electron chi connectivity index (χ4n) is 2.47. The van der Waals surface area contributed by atoms with Gasteiger partial charge in [-0.05, 0) is 31.6 Å². The summed E-state index contributed by atoms with van der Waals surface area (Å²) in [6, 6.07) is 0. The van der Waals surface area contributed by atoms with Crippen LogP contribution in [-0.2, 0) is 9.59 Å². The molecule has 1 fully saturated rings. The standard InChI is InChI=1S/C12H22N2O3/c1-2-9-3-6-12(7-4-9,11(16)17)14-8-5-10(13)15/h9,14H,2-8H2,1H3,(H2,13,15)(H,16,17). The molecule has 0 aromatic carbocycles. The number of nitrogens with two attached hydrogens (primary N) is 1. The first-order valence-electron chi connectivity index (χ1n) is 6.27. The monoisotopic (exact) mass is 242 g/mol. The molecule has 0 aliphatic heterocycles. The minimum Gasteiger partial charge on any atom is -0.480 e. The van der Waals surface area contributed by atoms with Crippen molar-refractivity contribution in [3.8, 4) is 0 Å². The van der Waals surface area contributed by atoms with Crippen molar-refractivity contribution in [1.82, 2.24) is 5.32 Å². The minimum absolute atomic E-state index is 0.187. The van der Waals surface area contributed by atoms with Gasteiger partial charge in [0.2, 0.25) is 5.91 Å². The second kappa shape index (κ2) is 6.00. The van der Waals surface area contributed by atoms with Crippen molar-refractivity contribution in [3.05, 3.63) is 0 Å². The molecule has 1 aliphatic carbocycles. The van der Waals surface area contributed by atoms with Crippen LogP contribution >= 0.6 is 0 Å². The largest absolute Gasteiger partial charge is 0.480 e. The van der Waals surface area contributed by atoms with E-state index in [2.05, 4.69) is 12.2 Å². The average molecular weight is 242 g/mol. The van der Waals surface area contributed by atoms with E-state index in [4.69, 9.17) is 5.73 Å². The van der Waals surface area contributed by atoms with Crippen molar-refractivity contribution in [2.75, 3.05) is 6.54 Å². The number of hydrogen-bond acceptors (Lipinski definition) is 3. The van der Waals surface area contributed by atoms with E-state index >= 15 is 0 Å². The van der Waals surface area contributed by atoms with Gasteiger partial charge in [-0.25, -0.2) is 0 Å². The molecule has 0 atom stereocenters. The molecule has 0 unspecified atom stereocenters.